The highest BCUT2D eigenvalue weighted by atomic mass is 127. The lowest BCUT2D eigenvalue weighted by Crippen LogP contribution is -3.00. The van der Waals surface area contributed by atoms with Crippen LogP contribution in [0, 0.1) is 0 Å². The number of rotatable bonds is 16. The molecule has 1 heterocycles. The van der Waals surface area contributed by atoms with Crippen LogP contribution in [0.5, 0.6) is 0 Å². The summed E-state index contributed by atoms with van der Waals surface area (Å²) in [6, 6.07) is 0. The van der Waals surface area contributed by atoms with Crippen molar-refractivity contribution in [3.63, 3.8) is 0 Å². The van der Waals surface area contributed by atoms with Crippen molar-refractivity contribution in [1.82, 2.24) is 4.31 Å². The van der Waals surface area contributed by atoms with Crippen LogP contribution in [0.25, 0.3) is 0 Å². The molecule has 1 aliphatic heterocycles. The van der Waals surface area contributed by atoms with Crippen LogP contribution in [0.4, 0.5) is 0 Å². The molecule has 1 aliphatic rings. The Morgan fingerprint density at radius 2 is 1.14 bits per heavy atom. The standard InChI is InChI=1S/C23H49N2O2S.HI/c1-4-5-6-7-8-9-10-11-12-13-14-15-16-17-23-28(26,27)24-19-18-21-25(2,3)22-20-24;/h4-23H2,1-3H3;1H/q+1;/p-1. The first-order valence-electron chi connectivity index (χ1n) is 12.2. The molecule has 0 aliphatic carbocycles. The molecule has 0 N–H and O–H groups in total. The number of hydrogen-bond acceptors (Lipinski definition) is 2. The molecule has 0 aromatic rings. The summed E-state index contributed by atoms with van der Waals surface area (Å²) in [5, 5.41) is 0. The Labute approximate surface area is 199 Å². The number of quaternary nitrogens is 1. The Morgan fingerprint density at radius 1 is 0.690 bits per heavy atom. The maximum absolute atomic E-state index is 12.6. The third kappa shape index (κ3) is 15.1. The molecule has 1 rings (SSSR count). The number of likely N-dealkylation sites (N-methyl/N-ethyl adjacent to an activating group) is 1. The molecule has 0 unspecified atom stereocenters. The van der Waals surface area contributed by atoms with Crippen molar-refractivity contribution >= 4 is 10.0 Å². The number of sulfonamides is 1. The molecule has 0 aromatic carbocycles. The average molecular weight is 545 g/mol. The smallest absolute Gasteiger partial charge is 0.214 e. The second-order valence-corrected chi connectivity index (χ2v) is 11.6. The topological polar surface area (TPSA) is 37.4 Å². The van der Waals surface area contributed by atoms with Gasteiger partial charge in [-0.25, -0.2) is 8.42 Å². The van der Waals surface area contributed by atoms with Gasteiger partial charge in [-0.15, -0.1) is 0 Å². The largest absolute Gasteiger partial charge is 1.00 e. The van der Waals surface area contributed by atoms with E-state index in [1.54, 1.807) is 4.31 Å². The molecule has 0 saturated carbocycles. The lowest BCUT2D eigenvalue weighted by atomic mass is 10.0. The van der Waals surface area contributed by atoms with Crippen molar-refractivity contribution < 1.29 is 36.9 Å². The second-order valence-electron chi connectivity index (χ2n) is 9.55. The summed E-state index contributed by atoms with van der Waals surface area (Å²) >= 11 is 0. The van der Waals surface area contributed by atoms with Crippen LogP contribution < -0.4 is 24.0 Å². The first kappa shape index (κ1) is 29.6. The molecule has 0 atom stereocenters. The van der Waals surface area contributed by atoms with Crippen LogP contribution in [-0.2, 0) is 10.0 Å². The minimum absolute atomic E-state index is 0. The first-order valence-corrected chi connectivity index (χ1v) is 13.8. The van der Waals surface area contributed by atoms with Gasteiger partial charge in [0.25, 0.3) is 0 Å². The van der Waals surface area contributed by atoms with E-state index in [0.29, 0.717) is 18.8 Å². The van der Waals surface area contributed by atoms with E-state index in [0.717, 1.165) is 36.8 Å². The molecular formula is C23H49IN2O2S. The lowest BCUT2D eigenvalue weighted by molar-refractivity contribution is -0.888. The van der Waals surface area contributed by atoms with E-state index in [1.165, 1.54) is 77.0 Å². The minimum Gasteiger partial charge on any atom is -1.00 e. The highest BCUT2D eigenvalue weighted by molar-refractivity contribution is 7.89. The van der Waals surface area contributed by atoms with Crippen LogP contribution in [0.1, 0.15) is 103 Å². The Morgan fingerprint density at radius 3 is 1.62 bits per heavy atom. The van der Waals surface area contributed by atoms with E-state index in [2.05, 4.69) is 21.0 Å². The fourth-order valence-electron chi connectivity index (χ4n) is 4.17. The highest BCUT2D eigenvalue weighted by Gasteiger charge is 2.28. The molecule has 29 heavy (non-hydrogen) atoms. The molecule has 0 amide bonds. The Bertz CT molecular complexity index is 483. The number of hydrogen-bond donors (Lipinski definition) is 0. The fourth-order valence-corrected chi connectivity index (χ4v) is 5.76. The average Bonchev–Trinajstić information content (AvgIpc) is 2.83. The maximum Gasteiger partial charge on any atom is 0.214 e. The van der Waals surface area contributed by atoms with Crippen LogP contribution >= 0.6 is 0 Å². The normalized spacial score (nSPS) is 17.6. The predicted molar refractivity (Wildman–Crippen MR) is 122 cm³/mol. The van der Waals surface area contributed by atoms with E-state index in [9.17, 15) is 8.42 Å². The van der Waals surface area contributed by atoms with Gasteiger partial charge in [0.2, 0.25) is 10.0 Å². The predicted octanol–water partition coefficient (Wildman–Crippen LogP) is 2.58. The van der Waals surface area contributed by atoms with Crippen LogP contribution in [-0.4, -0.2) is 63.2 Å². The molecule has 176 valence electrons. The minimum atomic E-state index is -3.05. The Balaban J connectivity index is 0.00000784. The van der Waals surface area contributed by atoms with E-state index < -0.39 is 10.0 Å². The summed E-state index contributed by atoms with van der Waals surface area (Å²) in [6.45, 7) is 5.67. The van der Waals surface area contributed by atoms with E-state index in [-0.39, 0.29) is 24.0 Å². The van der Waals surface area contributed by atoms with Crippen molar-refractivity contribution in [2.75, 3.05) is 46.0 Å². The van der Waals surface area contributed by atoms with Gasteiger partial charge in [0.15, 0.2) is 0 Å². The van der Waals surface area contributed by atoms with Crippen LogP contribution in [0.3, 0.4) is 0 Å². The summed E-state index contributed by atoms with van der Waals surface area (Å²) in [5.74, 6) is 0.346. The van der Waals surface area contributed by atoms with Crippen molar-refractivity contribution in [3.05, 3.63) is 0 Å². The van der Waals surface area contributed by atoms with Gasteiger partial charge in [-0.3, -0.25) is 0 Å². The fraction of sp³-hybridized carbons (Fsp3) is 1.00. The van der Waals surface area contributed by atoms with Crippen LogP contribution in [0.15, 0.2) is 0 Å². The number of nitrogens with zero attached hydrogens (tertiary/aromatic N) is 2. The van der Waals surface area contributed by atoms with Crippen molar-refractivity contribution in [1.29, 1.82) is 0 Å². The lowest BCUT2D eigenvalue weighted by Gasteiger charge is -2.27. The molecule has 6 heteroatoms. The molecule has 1 saturated heterocycles. The number of halogens is 1. The Hall–Kier alpha value is 0.600. The van der Waals surface area contributed by atoms with Gasteiger partial charge in [0.1, 0.15) is 0 Å². The zero-order chi connectivity index (χ0) is 20.7. The van der Waals surface area contributed by atoms with Gasteiger partial charge in [-0.1, -0.05) is 90.4 Å². The van der Waals surface area contributed by atoms with E-state index >= 15 is 0 Å². The first-order chi connectivity index (χ1) is 13.4. The third-order valence-corrected chi connectivity index (χ3v) is 8.23. The van der Waals surface area contributed by atoms with E-state index in [1.807, 2.05) is 0 Å². The van der Waals surface area contributed by atoms with Crippen molar-refractivity contribution in [2.24, 2.45) is 0 Å². The van der Waals surface area contributed by atoms with Gasteiger partial charge in [0.05, 0.1) is 39.5 Å². The number of unbranched alkanes of at least 4 members (excludes halogenated alkanes) is 13. The zero-order valence-corrected chi connectivity index (χ0v) is 22.6. The molecule has 0 aromatic heterocycles. The van der Waals surface area contributed by atoms with Gasteiger partial charge in [0, 0.05) is 13.0 Å². The summed E-state index contributed by atoms with van der Waals surface area (Å²) in [5.41, 5.74) is 0. The molecule has 0 bridgehead atoms. The van der Waals surface area contributed by atoms with E-state index in [4.69, 9.17) is 0 Å². The van der Waals surface area contributed by atoms with Gasteiger partial charge >= 0.3 is 0 Å². The summed E-state index contributed by atoms with van der Waals surface area (Å²) in [6.07, 6.45) is 19.2. The Kier molecular flexibility index (Phi) is 17.5. The van der Waals surface area contributed by atoms with Crippen molar-refractivity contribution in [3.8, 4) is 0 Å². The van der Waals surface area contributed by atoms with Gasteiger partial charge in [-0.05, 0) is 6.42 Å². The molecule has 0 spiro atoms. The zero-order valence-electron chi connectivity index (χ0n) is 19.6. The quantitative estimate of drug-likeness (QED) is 0.170. The summed E-state index contributed by atoms with van der Waals surface area (Å²) in [4.78, 5) is 0. The van der Waals surface area contributed by atoms with Gasteiger partial charge in [-0.2, -0.15) is 4.31 Å². The van der Waals surface area contributed by atoms with Crippen molar-refractivity contribution in [2.45, 2.75) is 103 Å². The summed E-state index contributed by atoms with van der Waals surface area (Å²) in [7, 11) is 1.35. The highest BCUT2D eigenvalue weighted by Crippen LogP contribution is 2.15. The SMILES string of the molecule is CCCCCCCCCCCCCCCCS(=O)(=O)N1CCC[N+](C)(C)CC1.[I-]. The molecule has 1 fully saturated rings. The monoisotopic (exact) mass is 544 g/mol. The maximum atomic E-state index is 12.6. The second kappa shape index (κ2) is 17.2. The molecule has 4 nitrogen and oxygen atoms in total. The molecular weight excluding hydrogens is 495 g/mol. The third-order valence-electron chi connectivity index (χ3n) is 6.27. The molecule has 0 radical (unpaired) electrons. The van der Waals surface area contributed by atoms with Gasteiger partial charge < -0.3 is 28.5 Å². The summed E-state index contributed by atoms with van der Waals surface area (Å²) < 4.78 is 27.9. The van der Waals surface area contributed by atoms with Crippen LogP contribution in [0.2, 0.25) is 0 Å².